The Kier molecular flexibility index (Phi) is 5.63. The third kappa shape index (κ3) is 4.63. The fourth-order valence-electron chi connectivity index (χ4n) is 4.06. The van der Waals surface area contributed by atoms with E-state index in [0.29, 0.717) is 5.69 Å². The number of nitrogens with zero attached hydrogens (tertiary/aromatic N) is 3. The van der Waals surface area contributed by atoms with E-state index in [-0.39, 0.29) is 5.91 Å². The molecule has 6 heteroatoms. The first kappa shape index (κ1) is 17.9. The summed E-state index contributed by atoms with van der Waals surface area (Å²) < 4.78 is 0. The zero-order valence-corrected chi connectivity index (χ0v) is 15.6. The Labute approximate surface area is 160 Å². The number of hydrogen-bond acceptors (Lipinski definition) is 5. The van der Waals surface area contributed by atoms with Crippen molar-refractivity contribution in [2.24, 2.45) is 11.8 Å². The molecule has 0 bridgehead atoms. The Balaban J connectivity index is 1.34. The van der Waals surface area contributed by atoms with Gasteiger partial charge < -0.3 is 15.5 Å². The molecule has 0 radical (unpaired) electrons. The van der Waals surface area contributed by atoms with E-state index in [1.165, 1.54) is 38.8 Å². The molecule has 4 rings (SSSR count). The zero-order valence-electron chi connectivity index (χ0n) is 15.6. The maximum Gasteiger partial charge on any atom is 0.274 e. The van der Waals surface area contributed by atoms with E-state index in [9.17, 15) is 4.79 Å². The topological polar surface area (TPSA) is 70.2 Å². The minimum Gasteiger partial charge on any atom is -0.356 e. The molecule has 2 N–H and O–H groups in total. The molecular weight excluding hydrogens is 338 g/mol. The molecule has 2 aliphatic heterocycles. The molecule has 142 valence electrons. The summed E-state index contributed by atoms with van der Waals surface area (Å²) in [5, 5.41) is 6.33. The lowest BCUT2D eigenvalue weighted by Crippen LogP contribution is -2.22. The SMILES string of the molecule is O=C(Nc1ccncc1)c1cccc(N2CC[C@@H](CC[C@@H]3CCNC3)C2)n1. The summed E-state index contributed by atoms with van der Waals surface area (Å²) in [5.74, 6) is 2.31. The standard InChI is InChI=1S/C21H27N5O/c27-21(24-18-7-11-22-12-8-18)19-2-1-3-20(25-19)26-13-9-17(15-26)5-4-16-6-10-23-14-16/h1-3,7-8,11-12,16-17,23H,4-6,9-10,13-15H2,(H,22,24,27)/t16-,17-/m1/s1. The summed E-state index contributed by atoms with van der Waals surface area (Å²) in [5.41, 5.74) is 1.18. The van der Waals surface area contributed by atoms with Gasteiger partial charge >= 0.3 is 0 Å². The third-order valence-corrected chi connectivity index (χ3v) is 5.66. The molecule has 0 spiro atoms. The predicted molar refractivity (Wildman–Crippen MR) is 107 cm³/mol. The maximum absolute atomic E-state index is 12.5. The molecule has 0 unspecified atom stereocenters. The Morgan fingerprint density at radius 3 is 2.81 bits per heavy atom. The van der Waals surface area contributed by atoms with Crippen molar-refractivity contribution < 1.29 is 4.79 Å². The first-order valence-corrected chi connectivity index (χ1v) is 9.92. The second kappa shape index (κ2) is 8.48. The van der Waals surface area contributed by atoms with E-state index in [2.05, 4.69) is 25.5 Å². The number of pyridine rings is 2. The monoisotopic (exact) mass is 365 g/mol. The molecule has 6 nitrogen and oxygen atoms in total. The Morgan fingerprint density at radius 2 is 2.00 bits per heavy atom. The van der Waals surface area contributed by atoms with Crippen molar-refractivity contribution >= 4 is 17.4 Å². The molecule has 4 heterocycles. The Hall–Kier alpha value is -2.47. The number of aromatic nitrogens is 2. The van der Waals surface area contributed by atoms with E-state index in [0.717, 1.165) is 36.4 Å². The largest absolute Gasteiger partial charge is 0.356 e. The summed E-state index contributed by atoms with van der Waals surface area (Å²) >= 11 is 0. The molecule has 0 aromatic carbocycles. The van der Waals surface area contributed by atoms with Gasteiger partial charge in [-0.25, -0.2) is 4.98 Å². The fraction of sp³-hybridized carbons (Fsp3) is 0.476. The summed E-state index contributed by atoms with van der Waals surface area (Å²) in [7, 11) is 0. The third-order valence-electron chi connectivity index (χ3n) is 5.66. The Morgan fingerprint density at radius 1 is 1.15 bits per heavy atom. The second-order valence-electron chi connectivity index (χ2n) is 7.61. The number of rotatable bonds is 6. The van der Waals surface area contributed by atoms with E-state index >= 15 is 0 Å². The molecule has 2 aromatic heterocycles. The van der Waals surface area contributed by atoms with Crippen molar-refractivity contribution in [1.29, 1.82) is 0 Å². The van der Waals surface area contributed by atoms with Gasteiger partial charge in [0.15, 0.2) is 0 Å². The van der Waals surface area contributed by atoms with Crippen molar-refractivity contribution in [3.63, 3.8) is 0 Å². The van der Waals surface area contributed by atoms with E-state index in [1.54, 1.807) is 30.6 Å². The number of carbonyl (C=O) groups is 1. The molecule has 2 atom stereocenters. The van der Waals surface area contributed by atoms with Crippen LogP contribution in [0.25, 0.3) is 0 Å². The normalized spacial score (nSPS) is 22.1. The first-order valence-electron chi connectivity index (χ1n) is 9.92. The highest BCUT2D eigenvalue weighted by Gasteiger charge is 2.25. The van der Waals surface area contributed by atoms with Gasteiger partial charge in [0, 0.05) is 31.2 Å². The number of anilines is 2. The van der Waals surface area contributed by atoms with Crippen molar-refractivity contribution in [2.75, 3.05) is 36.4 Å². The lowest BCUT2D eigenvalue weighted by atomic mass is 9.95. The summed E-state index contributed by atoms with van der Waals surface area (Å²) in [4.78, 5) is 23.4. The van der Waals surface area contributed by atoms with Gasteiger partial charge in [0.25, 0.3) is 5.91 Å². The minimum atomic E-state index is -0.187. The second-order valence-corrected chi connectivity index (χ2v) is 7.61. The van der Waals surface area contributed by atoms with Crippen LogP contribution in [0.3, 0.4) is 0 Å². The van der Waals surface area contributed by atoms with Gasteiger partial charge in [0.2, 0.25) is 0 Å². The van der Waals surface area contributed by atoms with Crippen molar-refractivity contribution in [3.05, 3.63) is 48.4 Å². The van der Waals surface area contributed by atoms with Crippen molar-refractivity contribution in [3.8, 4) is 0 Å². The number of carbonyl (C=O) groups excluding carboxylic acids is 1. The fourth-order valence-corrected chi connectivity index (χ4v) is 4.06. The van der Waals surface area contributed by atoms with Crippen LogP contribution < -0.4 is 15.5 Å². The van der Waals surface area contributed by atoms with Crippen molar-refractivity contribution in [2.45, 2.75) is 25.7 Å². The van der Waals surface area contributed by atoms with Gasteiger partial charge in [-0.05, 0) is 74.9 Å². The summed E-state index contributed by atoms with van der Waals surface area (Å²) in [6, 6.07) is 9.23. The van der Waals surface area contributed by atoms with Gasteiger partial charge in [0.05, 0.1) is 0 Å². The van der Waals surface area contributed by atoms with Crippen LogP contribution >= 0.6 is 0 Å². The van der Waals surface area contributed by atoms with E-state index < -0.39 is 0 Å². The van der Waals surface area contributed by atoms with Gasteiger partial charge in [-0.3, -0.25) is 9.78 Å². The lowest BCUT2D eigenvalue weighted by Gasteiger charge is -2.19. The lowest BCUT2D eigenvalue weighted by molar-refractivity contribution is 0.102. The minimum absolute atomic E-state index is 0.187. The van der Waals surface area contributed by atoms with Crippen LogP contribution in [0.5, 0.6) is 0 Å². The van der Waals surface area contributed by atoms with Crippen LogP contribution in [0.1, 0.15) is 36.2 Å². The number of amides is 1. The zero-order chi connectivity index (χ0) is 18.5. The molecule has 0 aliphatic carbocycles. The molecule has 2 fully saturated rings. The summed E-state index contributed by atoms with van der Waals surface area (Å²) in [6.45, 7) is 4.44. The molecule has 0 saturated carbocycles. The first-order chi connectivity index (χ1) is 13.3. The predicted octanol–water partition coefficient (Wildman–Crippen LogP) is 2.94. The van der Waals surface area contributed by atoms with E-state index in [1.807, 2.05) is 12.1 Å². The highest BCUT2D eigenvalue weighted by molar-refractivity contribution is 6.03. The van der Waals surface area contributed by atoms with Gasteiger partial charge in [-0.15, -0.1) is 0 Å². The molecule has 2 aromatic rings. The molecule has 2 saturated heterocycles. The average molecular weight is 365 g/mol. The highest BCUT2D eigenvalue weighted by Crippen LogP contribution is 2.28. The van der Waals surface area contributed by atoms with Gasteiger partial charge in [-0.2, -0.15) is 0 Å². The Bertz CT molecular complexity index is 760. The van der Waals surface area contributed by atoms with Gasteiger partial charge in [-0.1, -0.05) is 6.07 Å². The quantitative estimate of drug-likeness (QED) is 0.824. The highest BCUT2D eigenvalue weighted by atomic mass is 16.1. The molecular formula is C21H27N5O. The van der Waals surface area contributed by atoms with Crippen LogP contribution in [0.4, 0.5) is 11.5 Å². The smallest absolute Gasteiger partial charge is 0.274 e. The van der Waals surface area contributed by atoms with Crippen molar-refractivity contribution in [1.82, 2.24) is 15.3 Å². The number of hydrogen-bond donors (Lipinski definition) is 2. The summed E-state index contributed by atoms with van der Waals surface area (Å²) in [6.07, 6.45) is 8.48. The van der Waals surface area contributed by atoms with Crippen LogP contribution in [0.15, 0.2) is 42.7 Å². The molecule has 2 aliphatic rings. The maximum atomic E-state index is 12.5. The average Bonchev–Trinajstić information content (AvgIpc) is 3.39. The number of nitrogens with one attached hydrogen (secondary N) is 2. The van der Waals surface area contributed by atoms with Crippen LogP contribution in [-0.2, 0) is 0 Å². The van der Waals surface area contributed by atoms with Crippen LogP contribution in [-0.4, -0.2) is 42.1 Å². The van der Waals surface area contributed by atoms with Crippen LogP contribution in [0.2, 0.25) is 0 Å². The van der Waals surface area contributed by atoms with Gasteiger partial charge in [0.1, 0.15) is 11.5 Å². The molecule has 1 amide bonds. The van der Waals surface area contributed by atoms with Crippen LogP contribution in [0, 0.1) is 11.8 Å². The van der Waals surface area contributed by atoms with E-state index in [4.69, 9.17) is 0 Å². The molecule has 27 heavy (non-hydrogen) atoms.